The second-order valence-electron chi connectivity index (χ2n) is 6.18. The lowest BCUT2D eigenvalue weighted by Gasteiger charge is -2.30. The van der Waals surface area contributed by atoms with Crippen LogP contribution in [0, 0.1) is 6.92 Å². The number of amides is 2. The fourth-order valence-electron chi connectivity index (χ4n) is 3.21. The summed E-state index contributed by atoms with van der Waals surface area (Å²) in [4.78, 5) is 26.5. The van der Waals surface area contributed by atoms with Gasteiger partial charge in [0.25, 0.3) is 0 Å². The van der Waals surface area contributed by atoms with E-state index in [-0.39, 0.29) is 30.6 Å². The molecule has 0 radical (unpaired) electrons. The second kappa shape index (κ2) is 6.97. The lowest BCUT2D eigenvalue weighted by Crippen LogP contribution is -2.42. The monoisotopic (exact) mass is 339 g/mol. The van der Waals surface area contributed by atoms with Gasteiger partial charge in [0.15, 0.2) is 11.5 Å². The molecule has 0 atom stereocenters. The summed E-state index contributed by atoms with van der Waals surface area (Å²) >= 11 is 0. The molecule has 1 aliphatic rings. The number of benzene rings is 2. The van der Waals surface area contributed by atoms with E-state index in [4.69, 9.17) is 9.47 Å². The molecule has 0 bridgehead atoms. The third-order valence-corrected chi connectivity index (χ3v) is 4.48. The van der Waals surface area contributed by atoms with Gasteiger partial charge >= 0.3 is 0 Å². The van der Waals surface area contributed by atoms with Crippen LogP contribution in [0.25, 0.3) is 0 Å². The van der Waals surface area contributed by atoms with E-state index in [2.05, 4.69) is 0 Å². The maximum Gasteiger partial charge on any atom is 0.234 e. The van der Waals surface area contributed by atoms with Crippen LogP contribution in [0.2, 0.25) is 0 Å². The van der Waals surface area contributed by atoms with Crippen molar-refractivity contribution in [3.05, 3.63) is 53.6 Å². The van der Waals surface area contributed by atoms with Gasteiger partial charge in [0.1, 0.15) is 0 Å². The lowest BCUT2D eigenvalue weighted by atomic mass is 9.88. The SMILES string of the molecule is COc1ccc(C2CC(=O)N(c3cccc(C)c3)C(=O)C2)cc1OC. The van der Waals surface area contributed by atoms with E-state index in [1.165, 1.54) is 4.90 Å². The fourth-order valence-corrected chi connectivity index (χ4v) is 3.21. The van der Waals surface area contributed by atoms with Crippen LogP contribution in [0.3, 0.4) is 0 Å². The highest BCUT2D eigenvalue weighted by Crippen LogP contribution is 2.36. The number of hydrogen-bond acceptors (Lipinski definition) is 4. The molecular weight excluding hydrogens is 318 g/mol. The summed E-state index contributed by atoms with van der Waals surface area (Å²) in [5.41, 5.74) is 2.56. The number of methoxy groups -OCH3 is 2. The van der Waals surface area contributed by atoms with Crippen LogP contribution in [0.4, 0.5) is 5.69 Å². The molecule has 2 amide bonds. The Morgan fingerprint density at radius 2 is 1.60 bits per heavy atom. The molecule has 5 nitrogen and oxygen atoms in total. The number of piperidine rings is 1. The van der Waals surface area contributed by atoms with Crippen molar-refractivity contribution in [3.8, 4) is 11.5 Å². The van der Waals surface area contributed by atoms with E-state index in [0.717, 1.165) is 11.1 Å². The lowest BCUT2D eigenvalue weighted by molar-refractivity contribution is -0.129. The van der Waals surface area contributed by atoms with Crippen molar-refractivity contribution in [2.24, 2.45) is 0 Å². The number of rotatable bonds is 4. The molecule has 0 aliphatic carbocycles. The quantitative estimate of drug-likeness (QED) is 0.801. The summed E-state index contributed by atoms with van der Waals surface area (Å²) in [6, 6.07) is 13.0. The number of aryl methyl sites for hydroxylation is 1. The number of imide groups is 1. The molecular formula is C20H21NO4. The Labute approximate surface area is 147 Å². The molecule has 0 N–H and O–H groups in total. The summed E-state index contributed by atoms with van der Waals surface area (Å²) in [6.07, 6.45) is 0.574. The van der Waals surface area contributed by atoms with Crippen molar-refractivity contribution in [2.75, 3.05) is 19.1 Å². The summed E-state index contributed by atoms with van der Waals surface area (Å²) in [6.45, 7) is 1.94. The van der Waals surface area contributed by atoms with Gasteiger partial charge in [-0.3, -0.25) is 14.5 Å². The van der Waals surface area contributed by atoms with E-state index < -0.39 is 0 Å². The first-order valence-electron chi connectivity index (χ1n) is 8.18. The molecule has 1 heterocycles. The molecule has 0 saturated carbocycles. The van der Waals surface area contributed by atoms with Gasteiger partial charge in [-0.2, -0.15) is 0 Å². The van der Waals surface area contributed by atoms with Crippen LogP contribution in [-0.2, 0) is 9.59 Å². The van der Waals surface area contributed by atoms with Crippen LogP contribution in [-0.4, -0.2) is 26.0 Å². The minimum atomic E-state index is -0.179. The van der Waals surface area contributed by atoms with E-state index in [1.807, 2.05) is 37.3 Å². The highest BCUT2D eigenvalue weighted by atomic mass is 16.5. The number of anilines is 1. The van der Waals surface area contributed by atoms with Gasteiger partial charge in [0.05, 0.1) is 19.9 Å². The van der Waals surface area contributed by atoms with E-state index in [0.29, 0.717) is 17.2 Å². The van der Waals surface area contributed by atoms with Crippen molar-refractivity contribution in [3.63, 3.8) is 0 Å². The van der Waals surface area contributed by atoms with Gasteiger partial charge in [0.2, 0.25) is 11.8 Å². The molecule has 0 aromatic heterocycles. The number of ether oxygens (including phenoxy) is 2. The molecule has 1 aliphatic heterocycles. The van der Waals surface area contributed by atoms with Crippen LogP contribution >= 0.6 is 0 Å². The van der Waals surface area contributed by atoms with Crippen molar-refractivity contribution in [1.82, 2.24) is 0 Å². The van der Waals surface area contributed by atoms with Gasteiger partial charge in [-0.05, 0) is 42.3 Å². The highest BCUT2D eigenvalue weighted by Gasteiger charge is 2.34. The maximum atomic E-state index is 12.6. The molecule has 3 rings (SSSR count). The largest absolute Gasteiger partial charge is 0.493 e. The zero-order valence-corrected chi connectivity index (χ0v) is 14.6. The van der Waals surface area contributed by atoms with Crippen molar-refractivity contribution >= 4 is 17.5 Å². The Morgan fingerprint density at radius 1 is 0.920 bits per heavy atom. The summed E-state index contributed by atoms with van der Waals surface area (Å²) in [5.74, 6) is 0.714. The normalized spacial score (nSPS) is 15.4. The minimum absolute atomic E-state index is 0.152. The van der Waals surface area contributed by atoms with Crippen LogP contribution < -0.4 is 14.4 Å². The first-order valence-corrected chi connectivity index (χ1v) is 8.18. The predicted molar refractivity (Wildman–Crippen MR) is 95.2 cm³/mol. The van der Waals surface area contributed by atoms with Crippen molar-refractivity contribution < 1.29 is 19.1 Å². The van der Waals surface area contributed by atoms with Gasteiger partial charge in [-0.25, -0.2) is 0 Å². The molecule has 2 aromatic rings. The number of nitrogens with zero attached hydrogens (tertiary/aromatic N) is 1. The molecule has 5 heteroatoms. The molecule has 0 unspecified atom stereocenters. The zero-order chi connectivity index (χ0) is 18.0. The molecule has 25 heavy (non-hydrogen) atoms. The second-order valence-corrected chi connectivity index (χ2v) is 6.18. The van der Waals surface area contributed by atoms with Gasteiger partial charge in [0, 0.05) is 18.8 Å². The topological polar surface area (TPSA) is 55.8 Å². The third-order valence-electron chi connectivity index (χ3n) is 4.48. The van der Waals surface area contributed by atoms with E-state index in [9.17, 15) is 9.59 Å². The van der Waals surface area contributed by atoms with Crippen molar-refractivity contribution in [2.45, 2.75) is 25.7 Å². The summed E-state index contributed by atoms with van der Waals surface area (Å²) in [5, 5.41) is 0. The number of carbonyl (C=O) groups excluding carboxylic acids is 2. The molecule has 2 aromatic carbocycles. The number of carbonyl (C=O) groups is 2. The summed E-state index contributed by atoms with van der Waals surface area (Å²) < 4.78 is 10.6. The Morgan fingerprint density at radius 3 is 2.20 bits per heavy atom. The van der Waals surface area contributed by atoms with Crippen molar-refractivity contribution in [1.29, 1.82) is 0 Å². The highest BCUT2D eigenvalue weighted by molar-refractivity contribution is 6.17. The van der Waals surface area contributed by atoms with Crippen LogP contribution in [0.15, 0.2) is 42.5 Å². The molecule has 1 fully saturated rings. The van der Waals surface area contributed by atoms with Crippen LogP contribution in [0.1, 0.15) is 29.9 Å². The zero-order valence-electron chi connectivity index (χ0n) is 14.6. The Balaban J connectivity index is 1.85. The third kappa shape index (κ3) is 3.36. The predicted octanol–water partition coefficient (Wildman–Crippen LogP) is 3.45. The number of hydrogen-bond donors (Lipinski definition) is 0. The molecule has 1 saturated heterocycles. The maximum absolute atomic E-state index is 12.6. The average Bonchev–Trinajstić information content (AvgIpc) is 2.60. The average molecular weight is 339 g/mol. The van der Waals surface area contributed by atoms with Gasteiger partial charge < -0.3 is 9.47 Å². The first-order chi connectivity index (χ1) is 12.0. The smallest absolute Gasteiger partial charge is 0.234 e. The molecule has 0 spiro atoms. The fraction of sp³-hybridized carbons (Fsp3) is 0.300. The van der Waals surface area contributed by atoms with Crippen LogP contribution in [0.5, 0.6) is 11.5 Å². The Kier molecular flexibility index (Phi) is 4.74. The Hall–Kier alpha value is -2.82. The standard InChI is InChI=1S/C20H21NO4/c1-13-5-4-6-16(9-13)21-19(22)11-15(12-20(21)23)14-7-8-17(24-2)18(10-14)25-3/h4-10,15H,11-12H2,1-3H3. The minimum Gasteiger partial charge on any atom is -0.493 e. The van der Waals surface area contributed by atoms with E-state index in [1.54, 1.807) is 26.4 Å². The Bertz CT molecular complexity index is 797. The molecule has 130 valence electrons. The van der Waals surface area contributed by atoms with Gasteiger partial charge in [-0.15, -0.1) is 0 Å². The first kappa shape index (κ1) is 17.0. The van der Waals surface area contributed by atoms with Gasteiger partial charge in [-0.1, -0.05) is 18.2 Å². The summed E-state index contributed by atoms with van der Waals surface area (Å²) in [7, 11) is 3.14. The van der Waals surface area contributed by atoms with E-state index >= 15 is 0 Å².